The van der Waals surface area contributed by atoms with Crippen LogP contribution in [-0.2, 0) is 16.4 Å². The molecule has 3 aromatic rings. The molecule has 0 aliphatic heterocycles. The van der Waals surface area contributed by atoms with Gasteiger partial charge in [-0.2, -0.15) is 0 Å². The van der Waals surface area contributed by atoms with Gasteiger partial charge in [-0.25, -0.2) is 18.4 Å². The van der Waals surface area contributed by atoms with E-state index in [1.165, 1.54) is 4.57 Å². The van der Waals surface area contributed by atoms with E-state index in [2.05, 4.69) is 25.6 Å². The van der Waals surface area contributed by atoms with Crippen molar-refractivity contribution in [3.05, 3.63) is 47.3 Å². The number of aryl methyl sites for hydroxylation is 1. The van der Waals surface area contributed by atoms with Gasteiger partial charge in [0, 0.05) is 36.9 Å². The lowest BCUT2D eigenvalue weighted by Crippen LogP contribution is -2.29. The number of aromatic nitrogens is 4. The van der Waals surface area contributed by atoms with Crippen LogP contribution >= 0.6 is 0 Å². The van der Waals surface area contributed by atoms with Crippen LogP contribution in [0.25, 0.3) is 10.8 Å². The van der Waals surface area contributed by atoms with Crippen molar-refractivity contribution in [2.45, 2.75) is 32.9 Å². The fraction of sp³-hybridized carbons (Fsp3) is 0.368. The van der Waals surface area contributed by atoms with E-state index in [-0.39, 0.29) is 23.4 Å². The molecule has 0 saturated carbocycles. The molecule has 0 spiro atoms. The molecule has 0 aliphatic rings. The Kier molecular flexibility index (Phi) is 5.56. The van der Waals surface area contributed by atoms with E-state index in [4.69, 9.17) is 0 Å². The second-order valence-electron chi connectivity index (χ2n) is 7.86. The van der Waals surface area contributed by atoms with E-state index < -0.39 is 9.84 Å². The molecule has 0 unspecified atom stereocenters. The highest BCUT2D eigenvalue weighted by molar-refractivity contribution is 7.90. The number of nitrogens with zero attached hydrogens (tertiary/aromatic N) is 4. The van der Waals surface area contributed by atoms with Gasteiger partial charge in [0.2, 0.25) is 0 Å². The molecule has 0 amide bonds. The Balaban J connectivity index is 2.10. The highest BCUT2D eigenvalue weighted by Gasteiger charge is 2.18. The number of nitrogens with one attached hydrogen (secondary N) is 2. The summed E-state index contributed by atoms with van der Waals surface area (Å²) in [5.41, 5.74) is -0.637. The molecular weight excluding hydrogens is 392 g/mol. The number of fused-ring (bicyclic) bond motifs is 1. The van der Waals surface area contributed by atoms with E-state index in [0.717, 1.165) is 6.26 Å². The average Bonchev–Trinajstić information content (AvgIpc) is 2.59. The van der Waals surface area contributed by atoms with Crippen molar-refractivity contribution in [3.63, 3.8) is 0 Å². The zero-order valence-corrected chi connectivity index (χ0v) is 17.6. The molecule has 9 nitrogen and oxygen atoms in total. The van der Waals surface area contributed by atoms with Crippen LogP contribution in [0.5, 0.6) is 0 Å². The molecule has 0 radical (unpaired) electrons. The zero-order chi connectivity index (χ0) is 21.2. The minimum absolute atomic E-state index is 0.0855. The van der Waals surface area contributed by atoms with Crippen LogP contribution in [0, 0.1) is 0 Å². The van der Waals surface area contributed by atoms with Crippen molar-refractivity contribution in [1.29, 1.82) is 0 Å². The van der Waals surface area contributed by atoms with Crippen molar-refractivity contribution < 1.29 is 8.42 Å². The summed E-state index contributed by atoms with van der Waals surface area (Å²) in [4.78, 5) is 25.8. The minimum Gasteiger partial charge on any atom is -0.365 e. The van der Waals surface area contributed by atoms with E-state index in [1.807, 2.05) is 20.8 Å². The van der Waals surface area contributed by atoms with Crippen LogP contribution < -0.4 is 16.2 Å². The SMILES string of the molecule is CC(C)(C)Nc1nc(Nc2cnccn2)cc2ccn(CCS(C)(=O)=O)c(=O)c12. The molecule has 10 heteroatoms. The summed E-state index contributed by atoms with van der Waals surface area (Å²) in [6.45, 7) is 5.99. The molecule has 0 aliphatic carbocycles. The van der Waals surface area contributed by atoms with Gasteiger partial charge in [-0.05, 0) is 38.3 Å². The fourth-order valence-electron chi connectivity index (χ4n) is 2.75. The van der Waals surface area contributed by atoms with Gasteiger partial charge in [-0.1, -0.05) is 0 Å². The first kappa shape index (κ1) is 20.7. The zero-order valence-electron chi connectivity index (χ0n) is 16.8. The molecule has 29 heavy (non-hydrogen) atoms. The van der Waals surface area contributed by atoms with Gasteiger partial charge in [0.25, 0.3) is 5.56 Å². The maximum atomic E-state index is 13.1. The second-order valence-corrected chi connectivity index (χ2v) is 10.1. The molecule has 0 aromatic carbocycles. The van der Waals surface area contributed by atoms with E-state index in [1.54, 1.807) is 36.9 Å². The molecule has 3 heterocycles. The predicted molar refractivity (Wildman–Crippen MR) is 114 cm³/mol. The van der Waals surface area contributed by atoms with Crippen LogP contribution in [0.3, 0.4) is 0 Å². The van der Waals surface area contributed by atoms with Crippen molar-refractivity contribution in [1.82, 2.24) is 19.5 Å². The average molecular weight is 417 g/mol. The molecule has 3 rings (SSSR count). The third-order valence-electron chi connectivity index (χ3n) is 3.97. The Morgan fingerprint density at radius 3 is 2.55 bits per heavy atom. The lowest BCUT2D eigenvalue weighted by atomic mass is 10.1. The molecular formula is C19H24N6O3S. The van der Waals surface area contributed by atoms with Gasteiger partial charge in [0.15, 0.2) is 0 Å². The molecule has 0 atom stereocenters. The van der Waals surface area contributed by atoms with Gasteiger partial charge in [-0.3, -0.25) is 9.78 Å². The smallest absolute Gasteiger partial charge is 0.262 e. The quantitative estimate of drug-likeness (QED) is 0.628. The van der Waals surface area contributed by atoms with Crippen LogP contribution in [0.1, 0.15) is 20.8 Å². The number of rotatable bonds is 6. The molecule has 0 saturated heterocycles. The maximum Gasteiger partial charge on any atom is 0.262 e. The third-order valence-corrected chi connectivity index (χ3v) is 4.90. The summed E-state index contributed by atoms with van der Waals surface area (Å²) in [7, 11) is -3.19. The molecule has 3 aromatic heterocycles. The van der Waals surface area contributed by atoms with E-state index >= 15 is 0 Å². The lowest BCUT2D eigenvalue weighted by Gasteiger charge is -2.23. The lowest BCUT2D eigenvalue weighted by molar-refractivity contribution is 0.593. The third kappa shape index (κ3) is 5.50. The summed E-state index contributed by atoms with van der Waals surface area (Å²) in [6.07, 6.45) is 7.47. The van der Waals surface area contributed by atoms with Gasteiger partial charge < -0.3 is 15.2 Å². The van der Waals surface area contributed by atoms with Crippen LogP contribution in [0.15, 0.2) is 41.7 Å². The Bertz CT molecular complexity index is 1180. The highest BCUT2D eigenvalue weighted by Crippen LogP contribution is 2.25. The minimum atomic E-state index is -3.19. The number of anilines is 3. The number of pyridine rings is 2. The number of hydrogen-bond donors (Lipinski definition) is 2. The van der Waals surface area contributed by atoms with Crippen LogP contribution in [0.2, 0.25) is 0 Å². The number of hydrogen-bond acceptors (Lipinski definition) is 8. The summed E-state index contributed by atoms with van der Waals surface area (Å²) in [5.74, 6) is 1.35. The summed E-state index contributed by atoms with van der Waals surface area (Å²) >= 11 is 0. The van der Waals surface area contributed by atoms with E-state index in [0.29, 0.717) is 28.2 Å². The summed E-state index contributed by atoms with van der Waals surface area (Å²) in [6, 6.07) is 3.52. The van der Waals surface area contributed by atoms with Crippen molar-refractivity contribution in [2.75, 3.05) is 22.6 Å². The summed E-state index contributed by atoms with van der Waals surface area (Å²) < 4.78 is 24.4. The Morgan fingerprint density at radius 1 is 1.17 bits per heavy atom. The van der Waals surface area contributed by atoms with Crippen molar-refractivity contribution >= 4 is 38.1 Å². The number of sulfone groups is 1. The van der Waals surface area contributed by atoms with Crippen molar-refractivity contribution in [3.8, 4) is 0 Å². The van der Waals surface area contributed by atoms with Crippen molar-refractivity contribution in [2.24, 2.45) is 0 Å². The fourth-order valence-corrected chi connectivity index (χ4v) is 3.28. The summed E-state index contributed by atoms with van der Waals surface area (Å²) in [5, 5.41) is 7.44. The van der Waals surface area contributed by atoms with Gasteiger partial charge in [0.1, 0.15) is 27.3 Å². The Hall–Kier alpha value is -3.01. The Labute approximate surface area is 169 Å². The monoisotopic (exact) mass is 416 g/mol. The maximum absolute atomic E-state index is 13.1. The van der Waals surface area contributed by atoms with Gasteiger partial charge in [0.05, 0.1) is 17.3 Å². The molecule has 2 N–H and O–H groups in total. The molecule has 0 bridgehead atoms. The first-order chi connectivity index (χ1) is 13.5. The standard InChI is InChI=1S/C19H24N6O3S/c1-19(2,3)24-17-16-13(5-8-25(18(16)26)9-10-29(4,27)28)11-14(23-17)22-15-12-20-6-7-21-15/h5-8,11-12H,9-10H2,1-4H3,(H2,21,22,23,24). The van der Waals surface area contributed by atoms with Crippen LogP contribution in [-0.4, -0.2) is 45.5 Å². The largest absolute Gasteiger partial charge is 0.365 e. The predicted octanol–water partition coefficient (Wildman–Crippen LogP) is 2.19. The molecule has 154 valence electrons. The second kappa shape index (κ2) is 7.78. The highest BCUT2D eigenvalue weighted by atomic mass is 32.2. The van der Waals surface area contributed by atoms with E-state index in [9.17, 15) is 13.2 Å². The van der Waals surface area contributed by atoms with Gasteiger partial charge >= 0.3 is 0 Å². The van der Waals surface area contributed by atoms with Crippen LogP contribution in [0.4, 0.5) is 17.5 Å². The topological polar surface area (TPSA) is 119 Å². The molecule has 0 fully saturated rings. The normalized spacial score (nSPS) is 12.1. The Morgan fingerprint density at radius 2 is 1.93 bits per heavy atom. The first-order valence-corrected chi connectivity index (χ1v) is 11.1. The van der Waals surface area contributed by atoms with Gasteiger partial charge in [-0.15, -0.1) is 0 Å². The first-order valence-electron chi connectivity index (χ1n) is 9.05.